The van der Waals surface area contributed by atoms with E-state index in [1.807, 2.05) is 25.1 Å². The Morgan fingerprint density at radius 2 is 1.77 bits per heavy atom. The van der Waals surface area contributed by atoms with E-state index < -0.39 is 10.0 Å². The number of anilines is 1. The van der Waals surface area contributed by atoms with Gasteiger partial charge in [0, 0.05) is 6.54 Å². The third kappa shape index (κ3) is 5.25. The lowest BCUT2D eigenvalue weighted by Gasteiger charge is -2.22. The number of nitrogens with zero attached hydrogens (tertiary/aromatic N) is 1. The number of sulfonamides is 1. The van der Waals surface area contributed by atoms with Crippen molar-refractivity contribution in [2.75, 3.05) is 25.5 Å². The standard InChI is InChI=1S/C17H20Cl2N2O4S/c1-2-8-21(25-10-9-24-13-6-4-3-5-7-13)26(22,23)17-12-14(18)16(20)11-15(17)19/h3-7,11-12H,2,8-10,20H2,1H3. The maximum Gasteiger partial charge on any atom is 0.266 e. The zero-order valence-electron chi connectivity index (χ0n) is 14.2. The summed E-state index contributed by atoms with van der Waals surface area (Å²) in [5.41, 5.74) is 5.85. The van der Waals surface area contributed by atoms with Crippen LogP contribution >= 0.6 is 23.2 Å². The number of nitrogen functional groups attached to an aromatic ring is 1. The van der Waals surface area contributed by atoms with Crippen LogP contribution in [0.4, 0.5) is 5.69 Å². The summed E-state index contributed by atoms with van der Waals surface area (Å²) >= 11 is 12.0. The van der Waals surface area contributed by atoms with Gasteiger partial charge in [-0.2, -0.15) is 0 Å². The van der Waals surface area contributed by atoms with E-state index in [4.69, 9.17) is 38.5 Å². The van der Waals surface area contributed by atoms with E-state index >= 15 is 0 Å². The molecular formula is C17H20Cl2N2O4S. The van der Waals surface area contributed by atoms with Gasteiger partial charge in [-0.05, 0) is 30.7 Å². The fraction of sp³-hybridized carbons (Fsp3) is 0.294. The van der Waals surface area contributed by atoms with Crippen LogP contribution in [0.15, 0.2) is 47.4 Å². The number of benzene rings is 2. The number of para-hydroxylation sites is 1. The molecule has 2 aromatic rings. The fourth-order valence-electron chi connectivity index (χ4n) is 2.10. The van der Waals surface area contributed by atoms with E-state index in [1.165, 1.54) is 12.1 Å². The molecule has 0 aliphatic heterocycles. The molecule has 6 nitrogen and oxygen atoms in total. The van der Waals surface area contributed by atoms with Crippen molar-refractivity contribution in [3.05, 3.63) is 52.5 Å². The summed E-state index contributed by atoms with van der Waals surface area (Å²) in [6, 6.07) is 11.7. The Kier molecular flexibility index (Phi) is 7.55. The third-order valence-electron chi connectivity index (χ3n) is 3.33. The van der Waals surface area contributed by atoms with Gasteiger partial charge in [-0.3, -0.25) is 4.84 Å². The second kappa shape index (κ2) is 9.43. The lowest BCUT2D eigenvalue weighted by molar-refractivity contribution is -0.0924. The van der Waals surface area contributed by atoms with Gasteiger partial charge in [-0.15, -0.1) is 0 Å². The third-order valence-corrected chi connectivity index (χ3v) is 5.80. The van der Waals surface area contributed by atoms with E-state index in [1.54, 1.807) is 12.1 Å². The van der Waals surface area contributed by atoms with E-state index in [9.17, 15) is 8.42 Å². The summed E-state index contributed by atoms with van der Waals surface area (Å²) in [7, 11) is -3.99. The minimum Gasteiger partial charge on any atom is -0.491 e. The molecule has 0 saturated heterocycles. The monoisotopic (exact) mass is 418 g/mol. The Bertz CT molecular complexity index is 832. The lowest BCUT2D eigenvalue weighted by atomic mass is 10.3. The van der Waals surface area contributed by atoms with E-state index in [-0.39, 0.29) is 40.4 Å². The topological polar surface area (TPSA) is 81.9 Å². The Morgan fingerprint density at radius 3 is 2.42 bits per heavy atom. The molecule has 0 aromatic heterocycles. The van der Waals surface area contributed by atoms with Gasteiger partial charge in [0.2, 0.25) is 0 Å². The smallest absolute Gasteiger partial charge is 0.266 e. The molecule has 2 N–H and O–H groups in total. The van der Waals surface area contributed by atoms with Crippen LogP contribution < -0.4 is 10.5 Å². The van der Waals surface area contributed by atoms with Crippen LogP contribution in [0.3, 0.4) is 0 Å². The van der Waals surface area contributed by atoms with Gasteiger partial charge in [0.1, 0.15) is 23.9 Å². The van der Waals surface area contributed by atoms with Crippen molar-refractivity contribution in [2.45, 2.75) is 18.2 Å². The molecule has 9 heteroatoms. The van der Waals surface area contributed by atoms with Gasteiger partial charge in [0.25, 0.3) is 10.0 Å². The van der Waals surface area contributed by atoms with Crippen LogP contribution in [-0.4, -0.2) is 32.6 Å². The molecule has 0 saturated carbocycles. The van der Waals surface area contributed by atoms with Crippen molar-refractivity contribution in [3.8, 4) is 5.75 Å². The first-order valence-corrected chi connectivity index (χ1v) is 10.1. The highest BCUT2D eigenvalue weighted by atomic mass is 35.5. The van der Waals surface area contributed by atoms with Crippen LogP contribution in [0.2, 0.25) is 10.0 Å². The average Bonchev–Trinajstić information content (AvgIpc) is 2.61. The molecule has 0 unspecified atom stereocenters. The Morgan fingerprint density at radius 1 is 1.08 bits per heavy atom. The minimum atomic E-state index is -3.99. The maximum atomic E-state index is 12.8. The number of hydrogen-bond acceptors (Lipinski definition) is 5. The molecule has 26 heavy (non-hydrogen) atoms. The summed E-state index contributed by atoms with van der Waals surface area (Å²) in [6.45, 7) is 2.24. The lowest BCUT2D eigenvalue weighted by Crippen LogP contribution is -2.33. The van der Waals surface area contributed by atoms with Crippen molar-refractivity contribution in [1.82, 2.24) is 4.47 Å². The Labute approximate surface area is 163 Å². The number of ether oxygens (including phenoxy) is 1. The molecule has 0 atom stereocenters. The molecule has 2 rings (SSSR count). The molecule has 2 aromatic carbocycles. The largest absolute Gasteiger partial charge is 0.491 e. The van der Waals surface area contributed by atoms with Crippen LogP contribution in [0.1, 0.15) is 13.3 Å². The highest BCUT2D eigenvalue weighted by molar-refractivity contribution is 7.89. The highest BCUT2D eigenvalue weighted by Crippen LogP contribution is 2.32. The first kappa shape index (κ1) is 20.8. The maximum absolute atomic E-state index is 12.8. The summed E-state index contributed by atoms with van der Waals surface area (Å²) < 4.78 is 32.1. The van der Waals surface area contributed by atoms with Gasteiger partial charge in [0.15, 0.2) is 0 Å². The van der Waals surface area contributed by atoms with Crippen LogP contribution in [0.5, 0.6) is 5.75 Å². The first-order valence-electron chi connectivity index (χ1n) is 7.94. The molecule has 142 valence electrons. The molecule has 0 radical (unpaired) electrons. The number of hydroxylamine groups is 1. The summed E-state index contributed by atoms with van der Waals surface area (Å²) in [5.74, 6) is 0.675. The van der Waals surface area contributed by atoms with Crippen LogP contribution in [0, 0.1) is 0 Å². The quantitative estimate of drug-likeness (QED) is 0.378. The molecule has 0 spiro atoms. The van der Waals surface area contributed by atoms with E-state index in [0.29, 0.717) is 12.2 Å². The van der Waals surface area contributed by atoms with Gasteiger partial charge in [-0.1, -0.05) is 52.8 Å². The molecule has 0 aliphatic carbocycles. The van der Waals surface area contributed by atoms with Crippen LogP contribution in [0.25, 0.3) is 0 Å². The van der Waals surface area contributed by atoms with Gasteiger partial charge in [-0.25, -0.2) is 8.42 Å². The second-order valence-corrected chi connectivity index (χ2v) is 7.94. The second-order valence-electron chi connectivity index (χ2n) is 5.33. The van der Waals surface area contributed by atoms with Crippen molar-refractivity contribution in [1.29, 1.82) is 0 Å². The van der Waals surface area contributed by atoms with Crippen molar-refractivity contribution in [2.24, 2.45) is 0 Å². The Balaban J connectivity index is 2.08. The minimum absolute atomic E-state index is 0.0165. The van der Waals surface area contributed by atoms with Gasteiger partial charge >= 0.3 is 0 Å². The number of halogens is 2. The van der Waals surface area contributed by atoms with E-state index in [2.05, 4.69) is 0 Å². The number of hydrogen-bond donors (Lipinski definition) is 1. The molecule has 0 bridgehead atoms. The Hall–Kier alpha value is -1.51. The highest BCUT2D eigenvalue weighted by Gasteiger charge is 2.28. The summed E-state index contributed by atoms with van der Waals surface area (Å²) in [4.78, 5) is 5.28. The zero-order chi connectivity index (χ0) is 19.2. The molecular weight excluding hydrogens is 399 g/mol. The van der Waals surface area contributed by atoms with Crippen molar-refractivity contribution >= 4 is 38.9 Å². The normalized spacial score (nSPS) is 11.7. The zero-order valence-corrected chi connectivity index (χ0v) is 16.5. The average molecular weight is 419 g/mol. The van der Waals surface area contributed by atoms with Gasteiger partial charge < -0.3 is 10.5 Å². The van der Waals surface area contributed by atoms with E-state index in [0.717, 1.165) is 4.47 Å². The van der Waals surface area contributed by atoms with Crippen LogP contribution in [-0.2, 0) is 14.9 Å². The predicted octanol–water partition coefficient (Wildman–Crippen LogP) is 3.99. The number of rotatable bonds is 9. The van der Waals surface area contributed by atoms with Crippen molar-refractivity contribution in [3.63, 3.8) is 0 Å². The molecule has 0 amide bonds. The molecule has 0 aliphatic rings. The number of nitrogens with two attached hydrogens (primary N) is 1. The van der Waals surface area contributed by atoms with Crippen molar-refractivity contribution < 1.29 is 18.0 Å². The fourth-order valence-corrected chi connectivity index (χ4v) is 4.22. The summed E-state index contributed by atoms with van der Waals surface area (Å²) in [5, 5.41) is 0.0916. The molecule has 0 heterocycles. The summed E-state index contributed by atoms with van der Waals surface area (Å²) in [6.07, 6.45) is 0.555. The molecule has 0 fully saturated rings. The SMILES string of the molecule is CCCN(OCCOc1ccccc1)S(=O)(=O)c1cc(Cl)c(N)cc1Cl. The first-order chi connectivity index (χ1) is 12.4. The van der Waals surface area contributed by atoms with Gasteiger partial charge in [0.05, 0.1) is 15.7 Å². The predicted molar refractivity (Wildman–Crippen MR) is 103 cm³/mol.